The van der Waals surface area contributed by atoms with Gasteiger partial charge in [0.2, 0.25) is 5.91 Å². The van der Waals surface area contributed by atoms with Crippen LogP contribution in [0.2, 0.25) is 0 Å². The average molecular weight is 408 g/mol. The zero-order valence-corrected chi connectivity index (χ0v) is 16.3. The van der Waals surface area contributed by atoms with Gasteiger partial charge in [0.05, 0.1) is 6.54 Å². The summed E-state index contributed by atoms with van der Waals surface area (Å²) in [7, 11) is 0. The van der Waals surface area contributed by atoms with E-state index in [-0.39, 0.29) is 18.6 Å². The van der Waals surface area contributed by atoms with Gasteiger partial charge in [0, 0.05) is 17.1 Å². The standard InChI is InChI=1S/C20H22F2N2O3S/c1-2-24(11-15-13-26-17-5-3-4-6-18(17)27-15)12-19(25)23-14-7-9-16(10-8-14)28-20(21)22/h3-10,15,20H,2,11-13H2,1H3,(H,23,25)/t15-/m1/s1. The number of halogens is 2. The number of carbonyl (C=O) groups is 1. The SMILES string of the molecule is CCN(CC(=O)Nc1ccc(SC(F)F)cc1)C[C@@H]1COc2ccccc2O1. The van der Waals surface area contributed by atoms with Gasteiger partial charge < -0.3 is 14.8 Å². The number of nitrogens with one attached hydrogen (secondary N) is 1. The van der Waals surface area contributed by atoms with Gasteiger partial charge >= 0.3 is 0 Å². The van der Waals surface area contributed by atoms with Crippen molar-refractivity contribution >= 4 is 23.4 Å². The Morgan fingerprint density at radius 3 is 2.61 bits per heavy atom. The Bertz CT molecular complexity index is 789. The number of rotatable bonds is 8. The number of carbonyl (C=O) groups excluding carboxylic acids is 1. The minimum absolute atomic E-state index is 0.159. The lowest BCUT2D eigenvalue weighted by Gasteiger charge is -2.30. The smallest absolute Gasteiger partial charge is 0.288 e. The van der Waals surface area contributed by atoms with Crippen molar-refractivity contribution < 1.29 is 23.0 Å². The summed E-state index contributed by atoms with van der Waals surface area (Å²) in [6, 6.07) is 13.9. The van der Waals surface area contributed by atoms with Crippen molar-refractivity contribution in [2.45, 2.75) is 23.7 Å². The number of likely N-dealkylation sites (N-methyl/N-ethyl adjacent to an activating group) is 1. The maximum Gasteiger partial charge on any atom is 0.288 e. The van der Waals surface area contributed by atoms with E-state index in [1.807, 2.05) is 36.1 Å². The Kier molecular flexibility index (Phi) is 7.11. The summed E-state index contributed by atoms with van der Waals surface area (Å²) in [5.41, 5.74) is 0.575. The number of ether oxygens (including phenoxy) is 2. The van der Waals surface area contributed by atoms with Crippen LogP contribution in [0.4, 0.5) is 14.5 Å². The molecule has 150 valence electrons. The van der Waals surface area contributed by atoms with Gasteiger partial charge in [-0.1, -0.05) is 30.8 Å². The summed E-state index contributed by atoms with van der Waals surface area (Å²) in [4.78, 5) is 14.8. The van der Waals surface area contributed by atoms with E-state index in [0.717, 1.165) is 5.75 Å². The lowest BCUT2D eigenvalue weighted by atomic mass is 10.2. The average Bonchev–Trinajstić information content (AvgIpc) is 2.68. The maximum atomic E-state index is 12.4. The fraction of sp³-hybridized carbons (Fsp3) is 0.350. The summed E-state index contributed by atoms with van der Waals surface area (Å²) in [6.45, 7) is 3.84. The van der Waals surface area contributed by atoms with E-state index < -0.39 is 5.76 Å². The third-order valence-electron chi connectivity index (χ3n) is 4.21. The van der Waals surface area contributed by atoms with Crippen molar-refractivity contribution in [1.29, 1.82) is 0 Å². The number of amides is 1. The van der Waals surface area contributed by atoms with Crippen LogP contribution in [0.15, 0.2) is 53.4 Å². The molecule has 8 heteroatoms. The first-order chi connectivity index (χ1) is 13.5. The molecular weight excluding hydrogens is 386 g/mol. The minimum Gasteiger partial charge on any atom is -0.486 e. The molecule has 0 radical (unpaired) electrons. The van der Waals surface area contributed by atoms with Crippen LogP contribution in [0, 0.1) is 0 Å². The number of hydrogen-bond donors (Lipinski definition) is 1. The van der Waals surface area contributed by atoms with Gasteiger partial charge in [-0.05, 0) is 42.9 Å². The Morgan fingerprint density at radius 2 is 1.93 bits per heavy atom. The molecule has 1 heterocycles. The Balaban J connectivity index is 1.49. The predicted octanol–water partition coefficient (Wildman–Crippen LogP) is 4.10. The van der Waals surface area contributed by atoms with Crippen molar-refractivity contribution in [3.05, 3.63) is 48.5 Å². The lowest BCUT2D eigenvalue weighted by Crippen LogP contribution is -2.43. The van der Waals surface area contributed by atoms with E-state index in [1.165, 1.54) is 0 Å². The predicted molar refractivity (Wildman–Crippen MR) is 105 cm³/mol. The number of anilines is 1. The van der Waals surface area contributed by atoms with Gasteiger partial charge in [-0.3, -0.25) is 9.69 Å². The molecule has 0 aromatic heterocycles. The van der Waals surface area contributed by atoms with E-state index >= 15 is 0 Å². The molecule has 2 aromatic rings. The molecule has 0 aliphatic carbocycles. The minimum atomic E-state index is -2.46. The van der Waals surface area contributed by atoms with Crippen molar-refractivity contribution in [3.8, 4) is 11.5 Å². The highest BCUT2D eigenvalue weighted by Gasteiger charge is 2.23. The van der Waals surface area contributed by atoms with Crippen LogP contribution in [0.5, 0.6) is 11.5 Å². The first-order valence-electron chi connectivity index (χ1n) is 8.99. The van der Waals surface area contributed by atoms with E-state index in [2.05, 4.69) is 5.32 Å². The van der Waals surface area contributed by atoms with E-state index in [0.29, 0.717) is 47.8 Å². The molecule has 5 nitrogen and oxygen atoms in total. The summed E-state index contributed by atoms with van der Waals surface area (Å²) < 4.78 is 36.4. The van der Waals surface area contributed by atoms with Gasteiger partial charge in [0.25, 0.3) is 5.76 Å². The van der Waals surface area contributed by atoms with Crippen LogP contribution in [0.3, 0.4) is 0 Å². The highest BCUT2D eigenvalue weighted by Crippen LogP contribution is 2.31. The molecule has 3 rings (SSSR count). The third kappa shape index (κ3) is 5.84. The Morgan fingerprint density at radius 1 is 1.21 bits per heavy atom. The summed E-state index contributed by atoms with van der Waals surface area (Å²) in [6.07, 6.45) is -0.159. The Labute approximate surface area is 167 Å². The van der Waals surface area contributed by atoms with Crippen LogP contribution in [-0.2, 0) is 4.79 Å². The van der Waals surface area contributed by atoms with Crippen LogP contribution in [0.1, 0.15) is 6.92 Å². The van der Waals surface area contributed by atoms with Gasteiger partial charge in [-0.15, -0.1) is 0 Å². The fourth-order valence-corrected chi connectivity index (χ4v) is 3.37. The number of hydrogen-bond acceptors (Lipinski definition) is 5. The molecule has 1 amide bonds. The molecule has 2 aromatic carbocycles. The van der Waals surface area contributed by atoms with Gasteiger partial charge in [0.1, 0.15) is 12.7 Å². The largest absolute Gasteiger partial charge is 0.486 e. The number of fused-ring (bicyclic) bond motifs is 1. The second-order valence-electron chi connectivity index (χ2n) is 6.28. The number of alkyl halides is 2. The summed E-state index contributed by atoms with van der Waals surface area (Å²) in [5, 5.41) is 2.79. The molecule has 28 heavy (non-hydrogen) atoms. The second kappa shape index (κ2) is 9.75. The molecule has 0 saturated carbocycles. The van der Waals surface area contributed by atoms with Crippen LogP contribution >= 0.6 is 11.8 Å². The molecule has 1 N–H and O–H groups in total. The zero-order chi connectivity index (χ0) is 19.9. The fourth-order valence-electron chi connectivity index (χ4n) is 2.87. The topological polar surface area (TPSA) is 50.8 Å². The normalized spacial score (nSPS) is 15.7. The highest BCUT2D eigenvalue weighted by atomic mass is 32.2. The molecule has 0 bridgehead atoms. The summed E-state index contributed by atoms with van der Waals surface area (Å²) in [5.74, 6) is -1.20. The second-order valence-corrected chi connectivity index (χ2v) is 7.34. The monoisotopic (exact) mass is 408 g/mol. The van der Waals surface area contributed by atoms with Gasteiger partial charge in [-0.25, -0.2) is 0 Å². The molecule has 0 fully saturated rings. The Hall–Kier alpha value is -2.32. The van der Waals surface area contributed by atoms with E-state index in [1.54, 1.807) is 24.3 Å². The summed E-state index contributed by atoms with van der Waals surface area (Å²) >= 11 is 0.475. The molecule has 1 aliphatic heterocycles. The third-order valence-corrected chi connectivity index (χ3v) is 4.93. The quantitative estimate of drug-likeness (QED) is 0.667. The molecule has 1 aliphatic rings. The van der Waals surface area contributed by atoms with Crippen molar-refractivity contribution in [2.75, 3.05) is 31.6 Å². The van der Waals surface area contributed by atoms with Crippen LogP contribution in [0.25, 0.3) is 0 Å². The highest BCUT2D eigenvalue weighted by molar-refractivity contribution is 7.99. The first-order valence-corrected chi connectivity index (χ1v) is 9.87. The maximum absolute atomic E-state index is 12.4. The van der Waals surface area contributed by atoms with Crippen LogP contribution in [-0.4, -0.2) is 48.9 Å². The zero-order valence-electron chi connectivity index (χ0n) is 15.4. The number of thioether (sulfide) groups is 1. The molecular formula is C20H22F2N2O3S. The molecule has 0 spiro atoms. The van der Waals surface area contributed by atoms with E-state index in [9.17, 15) is 13.6 Å². The van der Waals surface area contributed by atoms with Gasteiger partial charge in [0.15, 0.2) is 11.5 Å². The lowest BCUT2D eigenvalue weighted by molar-refractivity contribution is -0.117. The number of nitrogens with zero attached hydrogens (tertiary/aromatic N) is 1. The van der Waals surface area contributed by atoms with Crippen molar-refractivity contribution in [2.24, 2.45) is 0 Å². The van der Waals surface area contributed by atoms with Gasteiger partial charge in [-0.2, -0.15) is 8.78 Å². The van der Waals surface area contributed by atoms with Crippen molar-refractivity contribution in [1.82, 2.24) is 4.90 Å². The van der Waals surface area contributed by atoms with Crippen molar-refractivity contribution in [3.63, 3.8) is 0 Å². The number of benzene rings is 2. The molecule has 0 unspecified atom stereocenters. The number of para-hydroxylation sites is 2. The molecule has 0 saturated heterocycles. The van der Waals surface area contributed by atoms with E-state index in [4.69, 9.17) is 9.47 Å². The first kappa shape index (κ1) is 20.4. The van der Waals surface area contributed by atoms with Crippen LogP contribution < -0.4 is 14.8 Å². The molecule has 1 atom stereocenters.